The van der Waals surface area contributed by atoms with Crippen molar-refractivity contribution in [3.8, 4) is 0 Å². The maximum absolute atomic E-state index is 5.76. The van der Waals surface area contributed by atoms with E-state index in [0.29, 0.717) is 11.2 Å². The largest absolute Gasteiger partial charge is 0.367 e. The predicted octanol–water partition coefficient (Wildman–Crippen LogP) is 1.29. The molecule has 1 aromatic heterocycles. The molecule has 0 unspecified atom stereocenters. The van der Waals surface area contributed by atoms with Gasteiger partial charge in [-0.3, -0.25) is 0 Å². The van der Waals surface area contributed by atoms with E-state index in [1.165, 1.54) is 6.33 Å². The number of rotatable bonds is 2. The van der Waals surface area contributed by atoms with Crippen molar-refractivity contribution >= 4 is 17.4 Å². The lowest BCUT2D eigenvalue weighted by Crippen LogP contribution is -2.35. The molecule has 1 fully saturated rings. The van der Waals surface area contributed by atoms with Gasteiger partial charge in [-0.1, -0.05) is 11.6 Å². The smallest absolute Gasteiger partial charge is 0.134 e. The van der Waals surface area contributed by atoms with Crippen molar-refractivity contribution in [2.45, 2.75) is 18.9 Å². The molecule has 0 radical (unpaired) electrons. The van der Waals surface area contributed by atoms with Gasteiger partial charge in [-0.2, -0.15) is 0 Å². The SMILES string of the molecule is Clc1cc(NC2CCNCC2)ncn1. The van der Waals surface area contributed by atoms with Gasteiger partial charge in [0.05, 0.1) is 0 Å². The summed E-state index contributed by atoms with van der Waals surface area (Å²) in [6.07, 6.45) is 3.73. The molecule has 4 nitrogen and oxygen atoms in total. The van der Waals surface area contributed by atoms with E-state index in [0.717, 1.165) is 31.7 Å². The maximum Gasteiger partial charge on any atom is 0.134 e. The highest BCUT2D eigenvalue weighted by atomic mass is 35.5. The number of aromatic nitrogens is 2. The Kier molecular flexibility index (Phi) is 3.16. The summed E-state index contributed by atoms with van der Waals surface area (Å²) in [5.74, 6) is 0.817. The first-order valence-corrected chi connectivity index (χ1v) is 5.17. The summed E-state index contributed by atoms with van der Waals surface area (Å²) in [6, 6.07) is 2.26. The van der Waals surface area contributed by atoms with Crippen molar-refractivity contribution in [1.29, 1.82) is 0 Å². The van der Waals surface area contributed by atoms with Crippen molar-refractivity contribution in [3.05, 3.63) is 17.5 Å². The van der Waals surface area contributed by atoms with Crippen LogP contribution >= 0.6 is 11.6 Å². The zero-order valence-electron chi connectivity index (χ0n) is 7.83. The van der Waals surface area contributed by atoms with Crippen LogP contribution in [0.15, 0.2) is 12.4 Å². The van der Waals surface area contributed by atoms with Crippen LogP contribution in [0.3, 0.4) is 0 Å². The zero-order chi connectivity index (χ0) is 9.80. The van der Waals surface area contributed by atoms with Crippen molar-refractivity contribution in [3.63, 3.8) is 0 Å². The number of hydrogen-bond acceptors (Lipinski definition) is 4. The summed E-state index contributed by atoms with van der Waals surface area (Å²) in [6.45, 7) is 2.13. The predicted molar refractivity (Wildman–Crippen MR) is 56.6 cm³/mol. The standard InChI is InChI=1S/C9H13ClN4/c10-8-5-9(13-6-12-8)14-7-1-3-11-4-2-7/h5-7,11H,1-4H2,(H,12,13,14). The molecule has 1 aliphatic rings. The van der Waals surface area contributed by atoms with E-state index in [-0.39, 0.29) is 0 Å². The van der Waals surface area contributed by atoms with Crippen molar-refractivity contribution in [2.24, 2.45) is 0 Å². The fraction of sp³-hybridized carbons (Fsp3) is 0.556. The number of hydrogen-bond donors (Lipinski definition) is 2. The fourth-order valence-electron chi connectivity index (χ4n) is 1.59. The van der Waals surface area contributed by atoms with Gasteiger partial charge in [0.15, 0.2) is 0 Å². The quantitative estimate of drug-likeness (QED) is 0.726. The Labute approximate surface area is 88.1 Å². The van der Waals surface area contributed by atoms with E-state index < -0.39 is 0 Å². The number of nitrogens with one attached hydrogen (secondary N) is 2. The fourth-order valence-corrected chi connectivity index (χ4v) is 1.73. The molecule has 2 rings (SSSR count). The second-order valence-corrected chi connectivity index (χ2v) is 3.78. The summed E-state index contributed by atoms with van der Waals surface area (Å²) >= 11 is 5.76. The van der Waals surface area contributed by atoms with E-state index >= 15 is 0 Å². The molecule has 0 amide bonds. The zero-order valence-corrected chi connectivity index (χ0v) is 8.59. The number of nitrogens with zero attached hydrogens (tertiary/aromatic N) is 2. The lowest BCUT2D eigenvalue weighted by Gasteiger charge is -2.23. The second kappa shape index (κ2) is 4.57. The lowest BCUT2D eigenvalue weighted by atomic mass is 10.1. The first-order chi connectivity index (χ1) is 6.84. The van der Waals surface area contributed by atoms with Gasteiger partial charge in [0, 0.05) is 12.1 Å². The number of piperidine rings is 1. The van der Waals surface area contributed by atoms with Crippen molar-refractivity contribution < 1.29 is 0 Å². The molecular weight excluding hydrogens is 200 g/mol. The Bertz CT molecular complexity index is 299. The molecule has 0 aromatic carbocycles. The van der Waals surface area contributed by atoms with Crippen LogP contribution in [0.2, 0.25) is 5.15 Å². The van der Waals surface area contributed by atoms with Crippen LogP contribution in [0.5, 0.6) is 0 Å². The van der Waals surface area contributed by atoms with Gasteiger partial charge in [-0.15, -0.1) is 0 Å². The van der Waals surface area contributed by atoms with Gasteiger partial charge in [0.1, 0.15) is 17.3 Å². The molecule has 14 heavy (non-hydrogen) atoms. The van der Waals surface area contributed by atoms with E-state index in [1.54, 1.807) is 6.07 Å². The highest BCUT2D eigenvalue weighted by Gasteiger charge is 2.12. The minimum atomic E-state index is 0.483. The molecule has 5 heteroatoms. The first kappa shape index (κ1) is 9.68. The Morgan fingerprint density at radius 1 is 1.36 bits per heavy atom. The molecule has 0 bridgehead atoms. The van der Waals surface area contributed by atoms with E-state index in [9.17, 15) is 0 Å². The van der Waals surface area contributed by atoms with Crippen LogP contribution in [-0.2, 0) is 0 Å². The summed E-state index contributed by atoms with van der Waals surface area (Å²) in [7, 11) is 0. The van der Waals surface area contributed by atoms with Crippen LogP contribution in [0.4, 0.5) is 5.82 Å². The monoisotopic (exact) mass is 212 g/mol. The highest BCUT2D eigenvalue weighted by Crippen LogP contribution is 2.13. The van der Waals surface area contributed by atoms with Gasteiger partial charge in [0.2, 0.25) is 0 Å². The summed E-state index contributed by atoms with van der Waals surface area (Å²) < 4.78 is 0. The third-order valence-electron chi connectivity index (χ3n) is 2.32. The van der Waals surface area contributed by atoms with Crippen molar-refractivity contribution in [2.75, 3.05) is 18.4 Å². The normalized spacial score (nSPS) is 18.1. The van der Waals surface area contributed by atoms with Crippen LogP contribution in [0, 0.1) is 0 Å². The second-order valence-electron chi connectivity index (χ2n) is 3.39. The third-order valence-corrected chi connectivity index (χ3v) is 2.53. The molecule has 0 aliphatic carbocycles. The number of halogens is 1. The Balaban J connectivity index is 1.95. The number of anilines is 1. The molecular formula is C9H13ClN4. The van der Waals surface area contributed by atoms with Gasteiger partial charge < -0.3 is 10.6 Å². The molecule has 2 heterocycles. The average molecular weight is 213 g/mol. The van der Waals surface area contributed by atoms with Gasteiger partial charge in [-0.05, 0) is 25.9 Å². The van der Waals surface area contributed by atoms with Gasteiger partial charge in [-0.25, -0.2) is 9.97 Å². The summed E-state index contributed by atoms with van der Waals surface area (Å²) in [5, 5.41) is 7.14. The molecule has 0 atom stereocenters. The molecule has 0 spiro atoms. The average Bonchev–Trinajstić information content (AvgIpc) is 2.19. The van der Waals surface area contributed by atoms with Gasteiger partial charge >= 0.3 is 0 Å². The van der Waals surface area contributed by atoms with E-state index in [1.807, 2.05) is 0 Å². The molecule has 2 N–H and O–H groups in total. The van der Waals surface area contributed by atoms with E-state index in [4.69, 9.17) is 11.6 Å². The summed E-state index contributed by atoms with van der Waals surface area (Å²) in [4.78, 5) is 7.94. The maximum atomic E-state index is 5.76. The molecule has 76 valence electrons. The van der Waals surface area contributed by atoms with E-state index in [2.05, 4.69) is 20.6 Å². The summed E-state index contributed by atoms with van der Waals surface area (Å²) in [5.41, 5.74) is 0. The Morgan fingerprint density at radius 2 is 2.14 bits per heavy atom. The minimum absolute atomic E-state index is 0.483. The molecule has 1 saturated heterocycles. The first-order valence-electron chi connectivity index (χ1n) is 4.79. The Hall–Kier alpha value is -0.870. The van der Waals surface area contributed by atoms with Crippen LogP contribution < -0.4 is 10.6 Å². The Morgan fingerprint density at radius 3 is 2.86 bits per heavy atom. The molecule has 1 aliphatic heterocycles. The van der Waals surface area contributed by atoms with Crippen LogP contribution in [-0.4, -0.2) is 29.1 Å². The third kappa shape index (κ3) is 2.56. The lowest BCUT2D eigenvalue weighted by molar-refractivity contribution is 0.478. The highest BCUT2D eigenvalue weighted by molar-refractivity contribution is 6.29. The molecule has 0 saturated carbocycles. The van der Waals surface area contributed by atoms with Crippen molar-refractivity contribution in [1.82, 2.24) is 15.3 Å². The molecule has 1 aromatic rings. The van der Waals surface area contributed by atoms with Crippen LogP contribution in [0.1, 0.15) is 12.8 Å². The van der Waals surface area contributed by atoms with Crippen LogP contribution in [0.25, 0.3) is 0 Å². The topological polar surface area (TPSA) is 49.8 Å². The minimum Gasteiger partial charge on any atom is -0.367 e. The van der Waals surface area contributed by atoms with Gasteiger partial charge in [0.25, 0.3) is 0 Å².